The van der Waals surface area contributed by atoms with Crippen molar-refractivity contribution in [3.8, 4) is 0 Å². The van der Waals surface area contributed by atoms with Crippen LogP contribution in [0.3, 0.4) is 0 Å². The minimum absolute atomic E-state index is 0.414. The molecule has 0 bridgehead atoms. The Kier molecular flexibility index (Phi) is 6.02. The number of carboxylic acids is 1. The standard InChI is InChI=1S/C16H30N2O3/c1-3-17-16(15(19)20)8-4-5-14(11-16)18-9-6-13(7-10-18)12-21-2/h13-14,17H,3-12H2,1-2H3,(H,19,20). The zero-order valence-electron chi connectivity index (χ0n) is 13.4. The second kappa shape index (κ2) is 7.56. The van der Waals surface area contributed by atoms with E-state index in [9.17, 15) is 9.90 Å². The Morgan fingerprint density at radius 1 is 1.38 bits per heavy atom. The van der Waals surface area contributed by atoms with E-state index < -0.39 is 11.5 Å². The van der Waals surface area contributed by atoms with Crippen LogP contribution in [0.5, 0.6) is 0 Å². The highest BCUT2D eigenvalue weighted by atomic mass is 16.5. The number of likely N-dealkylation sites (N-methyl/N-ethyl adjacent to an activating group) is 1. The molecule has 1 aliphatic carbocycles. The van der Waals surface area contributed by atoms with Gasteiger partial charge in [-0.25, -0.2) is 0 Å². The summed E-state index contributed by atoms with van der Waals surface area (Å²) in [4.78, 5) is 14.2. The van der Waals surface area contributed by atoms with Crippen LogP contribution >= 0.6 is 0 Å². The van der Waals surface area contributed by atoms with E-state index in [4.69, 9.17) is 4.74 Å². The molecule has 2 rings (SSSR count). The number of hydrogen-bond acceptors (Lipinski definition) is 4. The normalized spacial score (nSPS) is 32.2. The van der Waals surface area contributed by atoms with E-state index in [1.807, 2.05) is 6.92 Å². The molecule has 2 fully saturated rings. The summed E-state index contributed by atoms with van der Waals surface area (Å²) >= 11 is 0. The van der Waals surface area contributed by atoms with Crippen molar-refractivity contribution in [1.29, 1.82) is 0 Å². The molecule has 21 heavy (non-hydrogen) atoms. The number of hydrogen-bond donors (Lipinski definition) is 2. The van der Waals surface area contributed by atoms with E-state index in [1.54, 1.807) is 7.11 Å². The molecular formula is C16H30N2O3. The average molecular weight is 298 g/mol. The number of methoxy groups -OCH3 is 1. The number of carbonyl (C=O) groups is 1. The van der Waals surface area contributed by atoms with E-state index in [2.05, 4.69) is 10.2 Å². The summed E-state index contributed by atoms with van der Waals surface area (Å²) in [6, 6.07) is 0.414. The first-order valence-electron chi connectivity index (χ1n) is 8.32. The molecule has 1 saturated heterocycles. The molecule has 2 aliphatic rings. The monoisotopic (exact) mass is 298 g/mol. The van der Waals surface area contributed by atoms with Crippen LogP contribution in [0.2, 0.25) is 0 Å². The summed E-state index contributed by atoms with van der Waals surface area (Å²) in [5, 5.41) is 12.9. The predicted molar refractivity (Wildman–Crippen MR) is 82.5 cm³/mol. The quantitative estimate of drug-likeness (QED) is 0.782. The number of aliphatic carboxylic acids is 1. The molecule has 0 aromatic heterocycles. The topological polar surface area (TPSA) is 61.8 Å². The lowest BCUT2D eigenvalue weighted by atomic mass is 9.77. The van der Waals surface area contributed by atoms with Gasteiger partial charge >= 0.3 is 5.97 Å². The van der Waals surface area contributed by atoms with Crippen molar-refractivity contribution in [3.05, 3.63) is 0 Å². The van der Waals surface area contributed by atoms with E-state index in [-0.39, 0.29) is 0 Å². The Labute approximate surface area is 128 Å². The van der Waals surface area contributed by atoms with Gasteiger partial charge in [-0.15, -0.1) is 0 Å². The maximum absolute atomic E-state index is 11.7. The van der Waals surface area contributed by atoms with Gasteiger partial charge in [-0.1, -0.05) is 6.92 Å². The summed E-state index contributed by atoms with van der Waals surface area (Å²) < 4.78 is 5.25. The Morgan fingerprint density at radius 2 is 2.10 bits per heavy atom. The second-order valence-electron chi connectivity index (χ2n) is 6.60. The molecule has 122 valence electrons. The first kappa shape index (κ1) is 16.7. The van der Waals surface area contributed by atoms with Crippen molar-refractivity contribution >= 4 is 5.97 Å². The van der Waals surface area contributed by atoms with Gasteiger partial charge in [0.15, 0.2) is 0 Å². The van der Waals surface area contributed by atoms with Gasteiger partial charge in [0.2, 0.25) is 0 Å². The first-order chi connectivity index (χ1) is 10.1. The molecule has 0 spiro atoms. The molecule has 1 saturated carbocycles. The zero-order chi connectivity index (χ0) is 15.3. The molecule has 1 aliphatic heterocycles. The largest absolute Gasteiger partial charge is 0.480 e. The van der Waals surface area contributed by atoms with Crippen LogP contribution in [0.25, 0.3) is 0 Å². The van der Waals surface area contributed by atoms with Crippen molar-refractivity contribution in [3.63, 3.8) is 0 Å². The maximum atomic E-state index is 11.7. The van der Waals surface area contributed by atoms with Crippen molar-refractivity contribution in [1.82, 2.24) is 10.2 Å². The van der Waals surface area contributed by atoms with Crippen molar-refractivity contribution in [2.24, 2.45) is 5.92 Å². The van der Waals surface area contributed by atoms with Crippen LogP contribution in [0.15, 0.2) is 0 Å². The molecule has 0 aromatic rings. The van der Waals surface area contributed by atoms with Crippen molar-refractivity contribution in [2.45, 2.75) is 57.0 Å². The minimum Gasteiger partial charge on any atom is -0.480 e. The lowest BCUT2D eigenvalue weighted by Gasteiger charge is -2.45. The SMILES string of the molecule is CCNC1(C(=O)O)CCCC(N2CCC(COC)CC2)C1. The van der Waals surface area contributed by atoms with Gasteiger partial charge in [0.25, 0.3) is 0 Å². The molecule has 2 atom stereocenters. The fourth-order valence-corrected chi connectivity index (χ4v) is 4.05. The molecule has 2 N–H and O–H groups in total. The average Bonchev–Trinajstić information content (AvgIpc) is 2.49. The molecule has 0 radical (unpaired) electrons. The van der Waals surface area contributed by atoms with E-state index in [0.717, 1.165) is 51.9 Å². The summed E-state index contributed by atoms with van der Waals surface area (Å²) in [5.74, 6) is -0.00356. The molecular weight excluding hydrogens is 268 g/mol. The highest BCUT2D eigenvalue weighted by Crippen LogP contribution is 2.33. The van der Waals surface area contributed by atoms with Gasteiger partial charge in [-0.2, -0.15) is 0 Å². The Bertz CT molecular complexity index is 338. The van der Waals surface area contributed by atoms with Crippen LogP contribution in [-0.2, 0) is 9.53 Å². The Hall–Kier alpha value is -0.650. The van der Waals surface area contributed by atoms with Gasteiger partial charge in [0.05, 0.1) is 0 Å². The fourth-order valence-electron chi connectivity index (χ4n) is 4.05. The molecule has 0 amide bonds. The molecule has 5 nitrogen and oxygen atoms in total. The number of ether oxygens (including phenoxy) is 1. The lowest BCUT2D eigenvalue weighted by molar-refractivity contribution is -0.147. The van der Waals surface area contributed by atoms with Crippen LogP contribution in [0.4, 0.5) is 0 Å². The zero-order valence-corrected chi connectivity index (χ0v) is 13.4. The second-order valence-corrected chi connectivity index (χ2v) is 6.60. The van der Waals surface area contributed by atoms with Gasteiger partial charge in [-0.3, -0.25) is 4.79 Å². The summed E-state index contributed by atoms with van der Waals surface area (Å²) in [6.07, 6.45) is 5.98. The van der Waals surface area contributed by atoms with E-state index in [0.29, 0.717) is 12.0 Å². The number of carboxylic acid groups (broad SMARTS) is 1. The highest BCUT2D eigenvalue weighted by molar-refractivity contribution is 5.79. The van der Waals surface area contributed by atoms with Crippen molar-refractivity contribution < 1.29 is 14.6 Å². The molecule has 2 unspecified atom stereocenters. The summed E-state index contributed by atoms with van der Waals surface area (Å²) in [5.41, 5.74) is -0.707. The number of rotatable bonds is 6. The smallest absolute Gasteiger partial charge is 0.323 e. The van der Waals surface area contributed by atoms with Crippen LogP contribution in [-0.4, -0.2) is 60.9 Å². The third-order valence-corrected chi connectivity index (χ3v) is 5.22. The van der Waals surface area contributed by atoms with Crippen LogP contribution in [0, 0.1) is 5.92 Å². The summed E-state index contributed by atoms with van der Waals surface area (Å²) in [6.45, 7) is 5.73. The number of piperidine rings is 1. The summed E-state index contributed by atoms with van der Waals surface area (Å²) in [7, 11) is 1.77. The lowest BCUT2D eigenvalue weighted by Crippen LogP contribution is -2.59. The Balaban J connectivity index is 1.93. The third kappa shape index (κ3) is 3.96. The molecule has 5 heteroatoms. The first-order valence-corrected chi connectivity index (χ1v) is 8.32. The van der Waals surface area contributed by atoms with Crippen LogP contribution in [0.1, 0.15) is 45.4 Å². The number of likely N-dealkylation sites (tertiary alicyclic amines) is 1. The maximum Gasteiger partial charge on any atom is 0.323 e. The van der Waals surface area contributed by atoms with Crippen LogP contribution < -0.4 is 5.32 Å². The van der Waals surface area contributed by atoms with Crippen molar-refractivity contribution in [2.75, 3.05) is 33.4 Å². The van der Waals surface area contributed by atoms with Gasteiger partial charge in [0.1, 0.15) is 5.54 Å². The molecule has 0 aromatic carbocycles. The number of nitrogens with one attached hydrogen (secondary N) is 1. The fraction of sp³-hybridized carbons (Fsp3) is 0.938. The minimum atomic E-state index is -0.707. The number of nitrogens with zero attached hydrogens (tertiary/aromatic N) is 1. The van der Waals surface area contributed by atoms with E-state index in [1.165, 1.54) is 12.8 Å². The highest BCUT2D eigenvalue weighted by Gasteiger charge is 2.44. The predicted octanol–water partition coefficient (Wildman–Crippen LogP) is 1.72. The molecule has 1 heterocycles. The third-order valence-electron chi connectivity index (χ3n) is 5.22. The van der Waals surface area contributed by atoms with Gasteiger partial charge in [-0.05, 0) is 64.1 Å². The van der Waals surface area contributed by atoms with Gasteiger partial charge < -0.3 is 20.1 Å². The Morgan fingerprint density at radius 3 is 2.67 bits per heavy atom. The van der Waals surface area contributed by atoms with E-state index >= 15 is 0 Å². The van der Waals surface area contributed by atoms with Gasteiger partial charge in [0, 0.05) is 19.8 Å².